The van der Waals surface area contributed by atoms with Crippen LogP contribution < -0.4 is 15.4 Å². The molecule has 0 radical (unpaired) electrons. The van der Waals surface area contributed by atoms with Crippen LogP contribution in [0.15, 0.2) is 54.6 Å². The van der Waals surface area contributed by atoms with Gasteiger partial charge in [-0.15, -0.1) is 0 Å². The Hall–Kier alpha value is -3.06. The molecule has 0 saturated carbocycles. The standard InChI is InChI=1S/C24H30N2O5/c1-29-20-10-8-19(9-11-20)24(12-14-31-15-13-24)17-25-23(28)26-21(22(27)30-2)16-18-6-4-3-5-7-18/h3-11,21H,12-17H2,1-2H3,(H2,25,26,28). The number of nitrogens with one attached hydrogen (secondary N) is 2. The van der Waals surface area contributed by atoms with Crippen LogP contribution in [0.25, 0.3) is 0 Å². The summed E-state index contributed by atoms with van der Waals surface area (Å²) in [6.45, 7) is 1.70. The molecule has 1 unspecified atom stereocenters. The lowest BCUT2D eigenvalue weighted by Crippen LogP contribution is -2.51. The van der Waals surface area contributed by atoms with Gasteiger partial charge in [-0.2, -0.15) is 0 Å². The Labute approximate surface area is 183 Å². The first-order valence-electron chi connectivity index (χ1n) is 10.4. The number of hydrogen-bond acceptors (Lipinski definition) is 5. The second-order valence-electron chi connectivity index (χ2n) is 7.71. The Bertz CT molecular complexity index is 848. The molecular formula is C24H30N2O5. The first-order valence-corrected chi connectivity index (χ1v) is 10.4. The summed E-state index contributed by atoms with van der Waals surface area (Å²) >= 11 is 0. The Morgan fingerprint density at radius 3 is 2.32 bits per heavy atom. The van der Waals surface area contributed by atoms with Crippen LogP contribution in [0.4, 0.5) is 4.79 Å². The van der Waals surface area contributed by atoms with Gasteiger partial charge in [0.1, 0.15) is 11.8 Å². The van der Waals surface area contributed by atoms with Gasteiger partial charge in [-0.1, -0.05) is 42.5 Å². The second kappa shape index (κ2) is 10.8. The highest BCUT2D eigenvalue weighted by molar-refractivity contribution is 5.83. The average molecular weight is 427 g/mol. The minimum Gasteiger partial charge on any atom is -0.497 e. The molecule has 2 amide bonds. The van der Waals surface area contributed by atoms with Gasteiger partial charge in [0.05, 0.1) is 14.2 Å². The summed E-state index contributed by atoms with van der Waals surface area (Å²) in [5, 5.41) is 5.74. The third-order valence-corrected chi connectivity index (χ3v) is 5.81. The first-order chi connectivity index (χ1) is 15.1. The summed E-state index contributed by atoms with van der Waals surface area (Å²) in [6, 6.07) is 16.3. The van der Waals surface area contributed by atoms with Crippen molar-refractivity contribution in [3.05, 3.63) is 65.7 Å². The van der Waals surface area contributed by atoms with E-state index in [4.69, 9.17) is 14.2 Å². The number of ether oxygens (including phenoxy) is 3. The van der Waals surface area contributed by atoms with Crippen LogP contribution in [0.2, 0.25) is 0 Å². The molecule has 0 aromatic heterocycles. The highest BCUT2D eigenvalue weighted by Gasteiger charge is 2.35. The zero-order chi connectivity index (χ0) is 22.1. The number of rotatable bonds is 8. The summed E-state index contributed by atoms with van der Waals surface area (Å²) in [5.74, 6) is 0.313. The number of carbonyl (C=O) groups excluding carboxylic acids is 2. The van der Waals surface area contributed by atoms with Crippen molar-refractivity contribution in [2.75, 3.05) is 34.0 Å². The normalized spacial score (nSPS) is 16.1. The van der Waals surface area contributed by atoms with Crippen molar-refractivity contribution in [1.29, 1.82) is 0 Å². The van der Waals surface area contributed by atoms with Crippen molar-refractivity contribution in [2.45, 2.75) is 30.7 Å². The summed E-state index contributed by atoms with van der Waals surface area (Å²) < 4.78 is 15.7. The quantitative estimate of drug-likeness (QED) is 0.634. The molecule has 31 heavy (non-hydrogen) atoms. The van der Waals surface area contributed by atoms with E-state index in [0.29, 0.717) is 26.2 Å². The molecule has 1 saturated heterocycles. The van der Waals surface area contributed by atoms with Gasteiger partial charge in [-0.25, -0.2) is 9.59 Å². The maximum absolute atomic E-state index is 12.7. The fourth-order valence-electron chi connectivity index (χ4n) is 3.92. The van der Waals surface area contributed by atoms with Crippen LogP contribution >= 0.6 is 0 Å². The van der Waals surface area contributed by atoms with Crippen LogP contribution in [-0.2, 0) is 26.1 Å². The number of esters is 1. The Balaban J connectivity index is 1.67. The van der Waals surface area contributed by atoms with Crippen LogP contribution in [-0.4, -0.2) is 52.0 Å². The number of hydrogen-bond donors (Lipinski definition) is 2. The van der Waals surface area contributed by atoms with Crippen molar-refractivity contribution in [3.63, 3.8) is 0 Å². The van der Waals surface area contributed by atoms with E-state index in [0.717, 1.165) is 29.7 Å². The molecule has 3 rings (SSSR count). The maximum atomic E-state index is 12.7. The van der Waals surface area contributed by atoms with E-state index in [2.05, 4.69) is 10.6 Å². The first kappa shape index (κ1) is 22.6. The molecule has 1 aliphatic heterocycles. The van der Waals surface area contributed by atoms with Gasteiger partial charge in [-0.3, -0.25) is 0 Å². The molecule has 1 fully saturated rings. The van der Waals surface area contributed by atoms with Gasteiger partial charge in [-0.05, 0) is 36.1 Å². The molecule has 2 N–H and O–H groups in total. The molecule has 1 heterocycles. The van der Waals surface area contributed by atoms with Gasteiger partial charge < -0.3 is 24.8 Å². The van der Waals surface area contributed by atoms with E-state index >= 15 is 0 Å². The van der Waals surface area contributed by atoms with Crippen LogP contribution in [0.3, 0.4) is 0 Å². The molecule has 7 heteroatoms. The zero-order valence-corrected chi connectivity index (χ0v) is 18.1. The number of urea groups is 1. The molecule has 2 aromatic carbocycles. The second-order valence-corrected chi connectivity index (χ2v) is 7.71. The molecular weight excluding hydrogens is 396 g/mol. The number of amides is 2. The molecule has 0 aliphatic carbocycles. The third-order valence-electron chi connectivity index (χ3n) is 5.81. The zero-order valence-electron chi connectivity index (χ0n) is 18.1. The predicted octanol–water partition coefficient (Wildman–Crippen LogP) is 2.83. The Morgan fingerprint density at radius 1 is 1.03 bits per heavy atom. The largest absolute Gasteiger partial charge is 0.497 e. The van der Waals surface area contributed by atoms with Crippen molar-refractivity contribution in [2.24, 2.45) is 0 Å². The average Bonchev–Trinajstić information content (AvgIpc) is 2.83. The molecule has 2 aromatic rings. The van der Waals surface area contributed by atoms with Crippen LogP contribution in [0.5, 0.6) is 5.75 Å². The summed E-state index contributed by atoms with van der Waals surface area (Å²) in [5.41, 5.74) is 1.84. The Morgan fingerprint density at radius 2 is 1.71 bits per heavy atom. The van der Waals surface area contributed by atoms with Crippen LogP contribution in [0, 0.1) is 0 Å². The Kier molecular flexibility index (Phi) is 7.89. The molecule has 1 aliphatic rings. The fourth-order valence-corrected chi connectivity index (χ4v) is 3.92. The summed E-state index contributed by atoms with van der Waals surface area (Å²) in [7, 11) is 2.96. The van der Waals surface area contributed by atoms with Crippen LogP contribution in [0.1, 0.15) is 24.0 Å². The van der Waals surface area contributed by atoms with E-state index < -0.39 is 18.0 Å². The van der Waals surface area contributed by atoms with Gasteiger partial charge in [0.25, 0.3) is 0 Å². The van der Waals surface area contributed by atoms with Gasteiger partial charge in [0, 0.05) is 31.6 Å². The van der Waals surface area contributed by atoms with E-state index in [-0.39, 0.29) is 5.41 Å². The lowest BCUT2D eigenvalue weighted by atomic mass is 9.74. The fraction of sp³-hybridized carbons (Fsp3) is 0.417. The molecule has 0 bridgehead atoms. The van der Waals surface area contributed by atoms with Gasteiger partial charge in [0.2, 0.25) is 0 Å². The minimum atomic E-state index is -0.765. The highest BCUT2D eigenvalue weighted by atomic mass is 16.5. The van der Waals surface area contributed by atoms with E-state index in [9.17, 15) is 9.59 Å². The predicted molar refractivity (Wildman–Crippen MR) is 117 cm³/mol. The monoisotopic (exact) mass is 426 g/mol. The SMILES string of the molecule is COC(=O)C(Cc1ccccc1)NC(=O)NCC1(c2ccc(OC)cc2)CCOCC1. The molecule has 7 nitrogen and oxygen atoms in total. The van der Waals surface area contributed by atoms with Gasteiger partial charge >= 0.3 is 12.0 Å². The van der Waals surface area contributed by atoms with Crippen molar-refractivity contribution in [3.8, 4) is 5.75 Å². The van der Waals surface area contributed by atoms with E-state index in [1.165, 1.54) is 7.11 Å². The highest BCUT2D eigenvalue weighted by Crippen LogP contribution is 2.35. The third kappa shape index (κ3) is 5.98. The smallest absolute Gasteiger partial charge is 0.328 e. The van der Waals surface area contributed by atoms with Crippen molar-refractivity contribution in [1.82, 2.24) is 10.6 Å². The number of methoxy groups -OCH3 is 2. The van der Waals surface area contributed by atoms with Gasteiger partial charge in [0.15, 0.2) is 0 Å². The topological polar surface area (TPSA) is 85.9 Å². The lowest BCUT2D eigenvalue weighted by Gasteiger charge is -2.38. The summed E-state index contributed by atoms with van der Waals surface area (Å²) in [4.78, 5) is 24.9. The minimum absolute atomic E-state index is 0.234. The number of benzene rings is 2. The molecule has 1 atom stereocenters. The van der Waals surface area contributed by atoms with E-state index in [1.807, 2.05) is 54.6 Å². The molecule has 166 valence electrons. The summed E-state index contributed by atoms with van der Waals surface area (Å²) in [6.07, 6.45) is 1.95. The van der Waals surface area contributed by atoms with E-state index in [1.54, 1.807) is 7.11 Å². The maximum Gasteiger partial charge on any atom is 0.328 e. The lowest BCUT2D eigenvalue weighted by molar-refractivity contribution is -0.142. The van der Waals surface area contributed by atoms with Crippen molar-refractivity contribution >= 4 is 12.0 Å². The molecule has 0 spiro atoms. The van der Waals surface area contributed by atoms with Crippen molar-refractivity contribution < 1.29 is 23.8 Å². The number of carbonyl (C=O) groups is 2.